The molecule has 4 nitrogen and oxygen atoms in total. The number of aliphatic hydroxyl groups is 1. The van der Waals surface area contributed by atoms with E-state index >= 15 is 0 Å². The number of hydrogen-bond donors (Lipinski definition) is 1. The standard InChI is InChI=1S/C14H27NO3/c1-11(2)14(3,17)10-15-8-6-5-7-12(15)9-13(16)18-4/h11-12,17H,5-10H2,1-4H3. The molecule has 1 rings (SSSR count). The fourth-order valence-electron chi connectivity index (χ4n) is 2.37. The molecule has 106 valence electrons. The molecule has 1 aliphatic rings. The maximum absolute atomic E-state index is 11.4. The third-order valence-corrected chi connectivity index (χ3v) is 4.15. The summed E-state index contributed by atoms with van der Waals surface area (Å²) in [6, 6.07) is 0.219. The molecule has 0 aromatic rings. The van der Waals surface area contributed by atoms with E-state index in [4.69, 9.17) is 4.74 Å². The monoisotopic (exact) mass is 257 g/mol. The highest BCUT2D eigenvalue weighted by Crippen LogP contribution is 2.25. The first-order valence-corrected chi connectivity index (χ1v) is 6.90. The summed E-state index contributed by atoms with van der Waals surface area (Å²) < 4.78 is 4.75. The normalized spacial score (nSPS) is 24.9. The average Bonchev–Trinajstić information content (AvgIpc) is 2.31. The van der Waals surface area contributed by atoms with Crippen LogP contribution in [0, 0.1) is 5.92 Å². The van der Waals surface area contributed by atoms with Gasteiger partial charge >= 0.3 is 5.97 Å². The smallest absolute Gasteiger partial charge is 0.307 e. The van der Waals surface area contributed by atoms with Gasteiger partial charge in [0.2, 0.25) is 0 Å². The molecule has 0 aromatic carbocycles. The van der Waals surface area contributed by atoms with E-state index in [1.54, 1.807) is 0 Å². The van der Waals surface area contributed by atoms with Crippen LogP contribution < -0.4 is 0 Å². The van der Waals surface area contributed by atoms with Crippen molar-refractivity contribution in [3.63, 3.8) is 0 Å². The quantitative estimate of drug-likeness (QED) is 0.763. The third kappa shape index (κ3) is 4.25. The topological polar surface area (TPSA) is 49.8 Å². The summed E-state index contributed by atoms with van der Waals surface area (Å²) in [4.78, 5) is 13.7. The Morgan fingerprint density at radius 2 is 2.17 bits per heavy atom. The Morgan fingerprint density at radius 1 is 1.50 bits per heavy atom. The Kier molecular flexibility index (Phi) is 5.60. The van der Waals surface area contributed by atoms with E-state index in [-0.39, 0.29) is 17.9 Å². The zero-order valence-electron chi connectivity index (χ0n) is 12.1. The zero-order valence-corrected chi connectivity index (χ0v) is 12.1. The van der Waals surface area contributed by atoms with Crippen molar-refractivity contribution >= 4 is 5.97 Å². The summed E-state index contributed by atoms with van der Waals surface area (Å²) in [5, 5.41) is 10.4. The third-order valence-electron chi connectivity index (χ3n) is 4.15. The van der Waals surface area contributed by atoms with Crippen LogP contribution in [0.25, 0.3) is 0 Å². The molecule has 0 aromatic heterocycles. The van der Waals surface area contributed by atoms with Crippen LogP contribution in [-0.4, -0.2) is 47.8 Å². The van der Waals surface area contributed by atoms with Gasteiger partial charge in [0.05, 0.1) is 19.1 Å². The maximum Gasteiger partial charge on any atom is 0.307 e. The van der Waals surface area contributed by atoms with E-state index in [0.29, 0.717) is 13.0 Å². The summed E-state index contributed by atoms with van der Waals surface area (Å²) >= 11 is 0. The van der Waals surface area contributed by atoms with Gasteiger partial charge in [0.25, 0.3) is 0 Å². The minimum atomic E-state index is -0.703. The predicted molar refractivity (Wildman–Crippen MR) is 71.3 cm³/mol. The van der Waals surface area contributed by atoms with Crippen LogP contribution in [0.2, 0.25) is 0 Å². The summed E-state index contributed by atoms with van der Waals surface area (Å²) in [5.41, 5.74) is -0.703. The molecule has 0 spiro atoms. The van der Waals surface area contributed by atoms with E-state index in [0.717, 1.165) is 25.8 Å². The molecule has 1 aliphatic heterocycles. The van der Waals surface area contributed by atoms with Crippen LogP contribution in [0.15, 0.2) is 0 Å². The van der Waals surface area contributed by atoms with Gasteiger partial charge in [0.1, 0.15) is 0 Å². The van der Waals surface area contributed by atoms with Crippen molar-refractivity contribution in [3.8, 4) is 0 Å². The van der Waals surface area contributed by atoms with E-state index in [1.165, 1.54) is 7.11 Å². The summed E-state index contributed by atoms with van der Waals surface area (Å²) in [6.45, 7) is 7.52. The van der Waals surface area contributed by atoms with Crippen molar-refractivity contribution < 1.29 is 14.6 Å². The van der Waals surface area contributed by atoms with Crippen LogP contribution >= 0.6 is 0 Å². The molecule has 18 heavy (non-hydrogen) atoms. The Morgan fingerprint density at radius 3 is 2.72 bits per heavy atom. The van der Waals surface area contributed by atoms with E-state index in [9.17, 15) is 9.90 Å². The first-order chi connectivity index (χ1) is 8.36. The number of likely N-dealkylation sites (tertiary alicyclic amines) is 1. The first-order valence-electron chi connectivity index (χ1n) is 6.90. The lowest BCUT2D eigenvalue weighted by molar-refractivity contribution is -0.143. The zero-order chi connectivity index (χ0) is 13.8. The maximum atomic E-state index is 11.4. The number of methoxy groups -OCH3 is 1. The minimum absolute atomic E-state index is 0.156. The number of rotatable bonds is 5. The number of nitrogens with zero attached hydrogens (tertiary/aromatic N) is 1. The Bertz CT molecular complexity index is 276. The molecule has 2 unspecified atom stereocenters. The lowest BCUT2D eigenvalue weighted by atomic mass is 9.89. The molecule has 1 saturated heterocycles. The molecule has 0 saturated carbocycles. The van der Waals surface area contributed by atoms with Crippen molar-refractivity contribution in [2.75, 3.05) is 20.2 Å². The number of ether oxygens (including phenoxy) is 1. The number of carbonyl (C=O) groups is 1. The fraction of sp³-hybridized carbons (Fsp3) is 0.929. The molecule has 0 radical (unpaired) electrons. The summed E-state index contributed by atoms with van der Waals surface area (Å²) in [6.07, 6.45) is 3.75. The van der Waals surface area contributed by atoms with E-state index < -0.39 is 5.60 Å². The van der Waals surface area contributed by atoms with Gasteiger partial charge in [0.15, 0.2) is 0 Å². The molecular formula is C14H27NO3. The van der Waals surface area contributed by atoms with Gasteiger partial charge in [-0.15, -0.1) is 0 Å². The largest absolute Gasteiger partial charge is 0.469 e. The molecule has 0 amide bonds. The molecule has 0 bridgehead atoms. The second-order valence-corrected chi connectivity index (χ2v) is 5.91. The second kappa shape index (κ2) is 6.53. The van der Waals surface area contributed by atoms with Gasteiger partial charge in [-0.25, -0.2) is 0 Å². The minimum Gasteiger partial charge on any atom is -0.469 e. The SMILES string of the molecule is COC(=O)CC1CCCCN1CC(C)(O)C(C)C. The highest BCUT2D eigenvalue weighted by Gasteiger charge is 2.33. The van der Waals surface area contributed by atoms with Gasteiger partial charge in [-0.3, -0.25) is 9.69 Å². The van der Waals surface area contributed by atoms with Crippen LogP contribution in [0.4, 0.5) is 0 Å². The number of piperidine rings is 1. The van der Waals surface area contributed by atoms with Crippen molar-refractivity contribution in [2.24, 2.45) is 5.92 Å². The number of carbonyl (C=O) groups excluding carboxylic acids is 1. The molecule has 1 heterocycles. The van der Waals surface area contributed by atoms with Crippen LogP contribution in [0.1, 0.15) is 46.5 Å². The number of esters is 1. The van der Waals surface area contributed by atoms with Gasteiger partial charge in [-0.1, -0.05) is 20.3 Å². The Labute approximate surface area is 110 Å². The molecule has 2 atom stereocenters. The van der Waals surface area contributed by atoms with Crippen molar-refractivity contribution in [2.45, 2.75) is 58.1 Å². The predicted octanol–water partition coefficient (Wildman–Crippen LogP) is 1.81. The van der Waals surface area contributed by atoms with Crippen LogP contribution in [-0.2, 0) is 9.53 Å². The average molecular weight is 257 g/mol. The van der Waals surface area contributed by atoms with E-state index in [2.05, 4.69) is 4.90 Å². The molecule has 4 heteroatoms. The van der Waals surface area contributed by atoms with Crippen LogP contribution in [0.3, 0.4) is 0 Å². The lowest BCUT2D eigenvalue weighted by Gasteiger charge is -2.41. The summed E-state index contributed by atoms with van der Waals surface area (Å²) in [5.74, 6) is 0.0503. The van der Waals surface area contributed by atoms with Crippen molar-refractivity contribution in [1.82, 2.24) is 4.90 Å². The molecule has 0 aliphatic carbocycles. The highest BCUT2D eigenvalue weighted by molar-refractivity contribution is 5.69. The van der Waals surface area contributed by atoms with Gasteiger partial charge in [0, 0.05) is 12.6 Å². The highest BCUT2D eigenvalue weighted by atomic mass is 16.5. The number of hydrogen-bond acceptors (Lipinski definition) is 4. The molecular weight excluding hydrogens is 230 g/mol. The van der Waals surface area contributed by atoms with E-state index in [1.807, 2.05) is 20.8 Å². The van der Waals surface area contributed by atoms with Gasteiger partial charge in [-0.2, -0.15) is 0 Å². The van der Waals surface area contributed by atoms with Gasteiger partial charge < -0.3 is 9.84 Å². The van der Waals surface area contributed by atoms with Gasteiger partial charge in [-0.05, 0) is 32.2 Å². The Hall–Kier alpha value is -0.610. The Balaban J connectivity index is 2.62. The molecule has 1 fully saturated rings. The second-order valence-electron chi connectivity index (χ2n) is 5.91. The van der Waals surface area contributed by atoms with Crippen molar-refractivity contribution in [1.29, 1.82) is 0 Å². The molecule has 1 N–H and O–H groups in total. The van der Waals surface area contributed by atoms with Crippen molar-refractivity contribution in [3.05, 3.63) is 0 Å². The lowest BCUT2D eigenvalue weighted by Crippen LogP contribution is -2.50. The first kappa shape index (κ1) is 15.4. The number of β-amino-alcohol motifs (C(OH)–C–C–N with tert-alkyl or cyclic N) is 1. The summed E-state index contributed by atoms with van der Waals surface area (Å²) in [7, 11) is 1.43. The van der Waals surface area contributed by atoms with Crippen LogP contribution in [0.5, 0.6) is 0 Å². The fourth-order valence-corrected chi connectivity index (χ4v) is 2.37.